The molecule has 48 heavy (non-hydrogen) atoms. The number of carbonyl (C=O) groups excluding carboxylic acids is 2. The highest BCUT2D eigenvalue weighted by Gasteiger charge is 2.53. The lowest BCUT2D eigenvalue weighted by Crippen LogP contribution is -2.62. The van der Waals surface area contributed by atoms with Crippen molar-refractivity contribution in [2.75, 3.05) is 11.9 Å². The third-order valence-corrected chi connectivity index (χ3v) is 9.39. The summed E-state index contributed by atoms with van der Waals surface area (Å²) in [6.07, 6.45) is 4.53. The molecule has 10 nitrogen and oxygen atoms in total. The minimum absolute atomic E-state index is 0.0152. The average Bonchev–Trinajstić information content (AvgIpc) is 3.00. The number of rotatable bonds is 9. The number of nitrogens with zero attached hydrogens (tertiary/aromatic N) is 2. The number of ether oxygens (including phenoxy) is 1. The van der Waals surface area contributed by atoms with Crippen molar-refractivity contribution in [1.29, 1.82) is 0 Å². The molecule has 0 saturated heterocycles. The van der Waals surface area contributed by atoms with E-state index in [0.717, 1.165) is 53.6 Å². The standard InChI is InChI=1S/C38H48N4O6/c1-6-42(35(45)46)30-18-12-25(13-19-30)20-32(43)40-29-21-31(26-10-8-7-9-11-26)33(39-22-29)27-14-16-28(17-15-27)38(23-37(5,47)24-38)41-34(44)48-36(2,3)4/h7-11,14-17,21-22,25,30,47H,6,12-13,18-20,23-24H2,1-5H3,(H,40,43)(H,41,44)(H,45,46). The molecule has 1 heterocycles. The molecule has 3 amide bonds. The van der Waals surface area contributed by atoms with Crippen LogP contribution in [0.2, 0.25) is 0 Å². The fraction of sp³-hybridized carbons (Fsp3) is 0.474. The lowest BCUT2D eigenvalue weighted by atomic mass is 9.62. The molecule has 0 spiro atoms. The Labute approximate surface area is 282 Å². The second kappa shape index (κ2) is 14.0. The second-order valence-corrected chi connectivity index (χ2v) is 14.6. The quantitative estimate of drug-likeness (QED) is 0.186. The highest BCUT2D eigenvalue weighted by atomic mass is 16.6. The number of hydrogen-bond donors (Lipinski definition) is 4. The summed E-state index contributed by atoms with van der Waals surface area (Å²) in [4.78, 5) is 43.7. The number of carboxylic acid groups (broad SMARTS) is 1. The molecule has 0 unspecified atom stereocenters. The number of nitrogens with one attached hydrogen (secondary N) is 2. The number of hydrogen-bond acceptors (Lipinski definition) is 6. The first-order valence-electron chi connectivity index (χ1n) is 16.9. The summed E-state index contributed by atoms with van der Waals surface area (Å²) >= 11 is 0. The Kier molecular flexibility index (Phi) is 10.1. The van der Waals surface area contributed by atoms with E-state index >= 15 is 0 Å². The molecule has 0 radical (unpaired) electrons. The van der Waals surface area contributed by atoms with Crippen molar-refractivity contribution in [2.45, 2.75) is 102 Å². The molecule has 5 rings (SSSR count). The monoisotopic (exact) mass is 656 g/mol. The summed E-state index contributed by atoms with van der Waals surface area (Å²) < 4.78 is 5.53. The van der Waals surface area contributed by atoms with Gasteiger partial charge in [0.15, 0.2) is 0 Å². The van der Waals surface area contributed by atoms with Crippen LogP contribution in [0.25, 0.3) is 22.4 Å². The van der Waals surface area contributed by atoms with Gasteiger partial charge in [-0.2, -0.15) is 0 Å². The van der Waals surface area contributed by atoms with E-state index in [-0.39, 0.29) is 17.9 Å². The molecule has 2 fully saturated rings. The Balaban J connectivity index is 1.32. The predicted octanol–water partition coefficient (Wildman–Crippen LogP) is 7.57. The normalized spacial score (nSPS) is 23.8. The van der Waals surface area contributed by atoms with Crippen molar-refractivity contribution in [2.24, 2.45) is 5.92 Å². The van der Waals surface area contributed by atoms with Gasteiger partial charge in [0.2, 0.25) is 5.91 Å². The molecule has 0 bridgehead atoms. The minimum Gasteiger partial charge on any atom is -0.465 e. The van der Waals surface area contributed by atoms with Crippen LogP contribution in [0.5, 0.6) is 0 Å². The number of alkyl carbamates (subject to hydrolysis) is 1. The zero-order valence-corrected chi connectivity index (χ0v) is 28.6. The van der Waals surface area contributed by atoms with Gasteiger partial charge in [0, 0.05) is 43.0 Å². The third kappa shape index (κ3) is 8.34. The SMILES string of the molecule is CCN(C(=O)O)C1CCC(CC(=O)Nc2cnc(-c3ccc(C4(NC(=O)OC(C)(C)C)CC(C)(O)C4)cc3)c(-c3ccccc3)c2)CC1. The zero-order chi connectivity index (χ0) is 34.7. The fourth-order valence-corrected chi connectivity index (χ4v) is 7.34. The van der Waals surface area contributed by atoms with Gasteiger partial charge in [0.25, 0.3) is 0 Å². The summed E-state index contributed by atoms with van der Waals surface area (Å²) in [7, 11) is 0. The maximum Gasteiger partial charge on any atom is 0.408 e. The maximum absolute atomic E-state index is 13.1. The van der Waals surface area contributed by atoms with E-state index in [1.54, 1.807) is 13.1 Å². The van der Waals surface area contributed by atoms with Crippen molar-refractivity contribution in [3.05, 3.63) is 72.4 Å². The topological polar surface area (TPSA) is 141 Å². The molecule has 2 aliphatic rings. The number of aromatic nitrogens is 1. The van der Waals surface area contributed by atoms with E-state index < -0.39 is 28.9 Å². The van der Waals surface area contributed by atoms with Crippen LogP contribution < -0.4 is 10.6 Å². The third-order valence-electron chi connectivity index (χ3n) is 9.39. The highest BCUT2D eigenvalue weighted by molar-refractivity contribution is 5.93. The number of anilines is 1. The second-order valence-electron chi connectivity index (χ2n) is 14.6. The van der Waals surface area contributed by atoms with Crippen LogP contribution in [0.1, 0.15) is 85.1 Å². The molecule has 256 valence electrons. The fourth-order valence-electron chi connectivity index (χ4n) is 7.34. The van der Waals surface area contributed by atoms with Gasteiger partial charge in [-0.25, -0.2) is 9.59 Å². The maximum atomic E-state index is 13.1. The molecule has 0 aliphatic heterocycles. The summed E-state index contributed by atoms with van der Waals surface area (Å²) in [6.45, 7) is 9.54. The summed E-state index contributed by atoms with van der Waals surface area (Å²) in [5, 5.41) is 26.2. The van der Waals surface area contributed by atoms with Crippen LogP contribution in [-0.2, 0) is 15.1 Å². The van der Waals surface area contributed by atoms with Crippen molar-refractivity contribution < 1.29 is 29.3 Å². The molecule has 4 N–H and O–H groups in total. The number of amides is 3. The molecular formula is C38H48N4O6. The summed E-state index contributed by atoms with van der Waals surface area (Å²) in [5.41, 5.74) is 2.61. The first kappa shape index (κ1) is 34.9. The summed E-state index contributed by atoms with van der Waals surface area (Å²) in [6, 6.07) is 19.7. The highest BCUT2D eigenvalue weighted by Crippen LogP contribution is 2.49. The number of pyridine rings is 1. The molecule has 3 aromatic rings. The van der Waals surface area contributed by atoms with E-state index in [9.17, 15) is 24.6 Å². The van der Waals surface area contributed by atoms with E-state index in [2.05, 4.69) is 10.6 Å². The number of benzene rings is 2. The molecule has 0 atom stereocenters. The van der Waals surface area contributed by atoms with E-state index in [1.165, 1.54) is 4.90 Å². The summed E-state index contributed by atoms with van der Waals surface area (Å²) in [5.74, 6) is 0.127. The molecular weight excluding hydrogens is 608 g/mol. The largest absolute Gasteiger partial charge is 0.465 e. The van der Waals surface area contributed by atoms with Gasteiger partial charge < -0.3 is 30.5 Å². The van der Waals surface area contributed by atoms with Crippen LogP contribution in [0.4, 0.5) is 15.3 Å². The Morgan fingerprint density at radius 1 is 0.979 bits per heavy atom. The van der Waals surface area contributed by atoms with Crippen molar-refractivity contribution in [1.82, 2.24) is 15.2 Å². The first-order valence-corrected chi connectivity index (χ1v) is 16.9. The van der Waals surface area contributed by atoms with E-state index in [4.69, 9.17) is 9.72 Å². The van der Waals surface area contributed by atoms with E-state index in [1.807, 2.05) is 88.4 Å². The van der Waals surface area contributed by atoms with Crippen molar-refractivity contribution >= 4 is 23.8 Å². The van der Waals surface area contributed by atoms with Crippen LogP contribution in [0.3, 0.4) is 0 Å². The Morgan fingerprint density at radius 2 is 1.62 bits per heavy atom. The van der Waals surface area contributed by atoms with Gasteiger partial charge in [-0.3, -0.25) is 9.78 Å². The zero-order valence-electron chi connectivity index (χ0n) is 28.6. The molecule has 2 saturated carbocycles. The molecule has 1 aromatic heterocycles. The smallest absolute Gasteiger partial charge is 0.408 e. The van der Waals surface area contributed by atoms with Crippen LogP contribution in [0, 0.1) is 5.92 Å². The first-order chi connectivity index (χ1) is 22.7. The Hall–Kier alpha value is -4.44. The van der Waals surface area contributed by atoms with Crippen LogP contribution in [0.15, 0.2) is 66.9 Å². The van der Waals surface area contributed by atoms with Crippen LogP contribution >= 0.6 is 0 Å². The van der Waals surface area contributed by atoms with Crippen molar-refractivity contribution in [3.8, 4) is 22.4 Å². The van der Waals surface area contributed by atoms with E-state index in [0.29, 0.717) is 31.5 Å². The van der Waals surface area contributed by atoms with Gasteiger partial charge in [-0.05, 0) is 83.4 Å². The van der Waals surface area contributed by atoms with Gasteiger partial charge in [0.05, 0.1) is 28.7 Å². The molecule has 2 aliphatic carbocycles. The molecule has 10 heteroatoms. The lowest BCUT2D eigenvalue weighted by molar-refractivity contribution is -0.117. The number of carbonyl (C=O) groups is 3. The number of aliphatic hydroxyl groups is 1. The Bertz CT molecular complexity index is 1600. The van der Waals surface area contributed by atoms with Gasteiger partial charge in [-0.1, -0.05) is 54.6 Å². The van der Waals surface area contributed by atoms with Gasteiger partial charge in [-0.15, -0.1) is 0 Å². The van der Waals surface area contributed by atoms with Gasteiger partial charge in [0.1, 0.15) is 5.60 Å². The van der Waals surface area contributed by atoms with Crippen LogP contribution in [-0.4, -0.2) is 62.0 Å². The van der Waals surface area contributed by atoms with Gasteiger partial charge >= 0.3 is 12.2 Å². The lowest BCUT2D eigenvalue weighted by Gasteiger charge is -2.52. The minimum atomic E-state index is -0.897. The predicted molar refractivity (Wildman–Crippen MR) is 185 cm³/mol. The van der Waals surface area contributed by atoms with Crippen molar-refractivity contribution in [3.63, 3.8) is 0 Å². The molecule has 2 aromatic carbocycles. The average molecular weight is 657 g/mol. The Morgan fingerprint density at radius 3 is 2.19 bits per heavy atom.